The van der Waals surface area contributed by atoms with E-state index in [1.807, 2.05) is 13.0 Å². The summed E-state index contributed by atoms with van der Waals surface area (Å²) in [5, 5.41) is 2.03. The molecule has 4 aromatic carbocycles. The molecule has 1 spiro atoms. The zero-order chi connectivity index (χ0) is 36.0. The smallest absolute Gasteiger partial charge is 0.399 e. The van der Waals surface area contributed by atoms with Gasteiger partial charge in [0.05, 0.1) is 27.3 Å². The number of hydrogen-bond acceptors (Lipinski definition) is 3. The Morgan fingerprint density at radius 1 is 0.808 bits per heavy atom. The molecule has 5 aromatic rings. The molecule has 0 bridgehead atoms. The van der Waals surface area contributed by atoms with Gasteiger partial charge in [-0.05, 0) is 109 Å². The van der Waals surface area contributed by atoms with Crippen LogP contribution in [0.15, 0.2) is 122 Å². The number of fused-ring (bicyclic) bond motifs is 10. The highest BCUT2D eigenvalue weighted by atomic mass is 16.7. The van der Waals surface area contributed by atoms with Crippen molar-refractivity contribution in [3.8, 4) is 27.9 Å². The van der Waals surface area contributed by atoms with E-state index in [4.69, 9.17) is 14.3 Å². The number of allylic oxidation sites excluding steroid dienone is 5. The lowest BCUT2D eigenvalue weighted by molar-refractivity contribution is 0.00578. The van der Waals surface area contributed by atoms with Gasteiger partial charge in [-0.2, -0.15) is 0 Å². The first-order chi connectivity index (χ1) is 25.1. The maximum atomic E-state index is 6.63. The van der Waals surface area contributed by atoms with Crippen LogP contribution in [0.1, 0.15) is 75.5 Å². The average Bonchev–Trinajstić information content (AvgIpc) is 3.83. The summed E-state index contributed by atoms with van der Waals surface area (Å²) in [5.74, 6) is 1.52. The van der Waals surface area contributed by atoms with E-state index < -0.39 is 18.3 Å². The summed E-state index contributed by atoms with van der Waals surface area (Å²) < 4.78 is 15.5. The van der Waals surface area contributed by atoms with E-state index in [1.165, 1.54) is 44.5 Å². The molecule has 0 radical (unpaired) electrons. The predicted molar refractivity (Wildman–Crippen MR) is 214 cm³/mol. The van der Waals surface area contributed by atoms with Gasteiger partial charge in [0.2, 0.25) is 0 Å². The fourth-order valence-corrected chi connectivity index (χ4v) is 9.30. The Balaban J connectivity index is 1.25. The number of rotatable bonds is 5. The number of imidazole rings is 1. The van der Waals surface area contributed by atoms with Crippen LogP contribution in [-0.4, -0.2) is 27.9 Å². The molecule has 2 heterocycles. The van der Waals surface area contributed by atoms with Gasteiger partial charge in [-0.25, -0.2) is 4.98 Å². The third kappa shape index (κ3) is 4.52. The van der Waals surface area contributed by atoms with Crippen molar-refractivity contribution in [2.24, 2.45) is 5.92 Å². The molecule has 3 atom stereocenters. The summed E-state index contributed by atoms with van der Waals surface area (Å²) in [6.45, 7) is 16.7. The van der Waals surface area contributed by atoms with Crippen molar-refractivity contribution < 1.29 is 9.31 Å². The fraction of sp³-hybridized carbons (Fsp3) is 0.255. The zero-order valence-corrected chi connectivity index (χ0v) is 31.0. The van der Waals surface area contributed by atoms with Crippen LogP contribution in [-0.2, 0) is 21.1 Å². The summed E-state index contributed by atoms with van der Waals surface area (Å²) in [4.78, 5) is 4.97. The molecule has 52 heavy (non-hydrogen) atoms. The van der Waals surface area contributed by atoms with Gasteiger partial charge in [-0.1, -0.05) is 117 Å². The second kappa shape index (κ2) is 11.8. The normalized spacial score (nSPS) is 23.6. The number of hydrogen-bond donors (Lipinski definition) is 0. The van der Waals surface area contributed by atoms with Crippen molar-refractivity contribution >= 4 is 24.7 Å². The van der Waals surface area contributed by atoms with Crippen molar-refractivity contribution in [2.75, 3.05) is 0 Å². The molecule has 5 heteroatoms. The van der Waals surface area contributed by atoms with Crippen LogP contribution in [0.4, 0.5) is 0 Å². The molecule has 1 aliphatic heterocycles. The Bertz CT molecular complexity index is 2470. The molecule has 4 aliphatic rings. The minimum absolute atomic E-state index is 0.226. The fourth-order valence-electron chi connectivity index (χ4n) is 9.30. The maximum absolute atomic E-state index is 6.63. The molecule has 1 fully saturated rings. The summed E-state index contributed by atoms with van der Waals surface area (Å²) in [6, 6.07) is 32.1. The molecule has 1 aromatic heterocycles. The lowest BCUT2D eigenvalue weighted by Gasteiger charge is -2.36. The van der Waals surface area contributed by atoms with Gasteiger partial charge >= 0.3 is 7.12 Å². The Labute approximate surface area is 307 Å². The first-order valence-corrected chi connectivity index (χ1v) is 18.7. The van der Waals surface area contributed by atoms with Gasteiger partial charge in [0.1, 0.15) is 5.82 Å². The van der Waals surface area contributed by atoms with Gasteiger partial charge in [0, 0.05) is 23.9 Å². The van der Waals surface area contributed by atoms with E-state index in [9.17, 15) is 0 Å². The lowest BCUT2D eigenvalue weighted by atomic mass is 9.64. The van der Waals surface area contributed by atoms with Crippen LogP contribution in [0.5, 0.6) is 0 Å². The molecule has 0 amide bonds. The van der Waals surface area contributed by atoms with Gasteiger partial charge in [0.15, 0.2) is 0 Å². The molecular formula is C47H45BN2O2. The molecule has 258 valence electrons. The standard InChI is InChI=1S/C47H45BN2O2/c1-8-16-43-42(9-2)49-44(10-3)50(43)33-18-15-17-30(27-33)31-23-25-36-34-19-11-13-21-38(34)47(40(36)28-31)39-22-14-12-20-35(39)37-26-24-32(29-41(37)47)48-51-45(4,5)46(6,7)52-48/h8-9,11-29,35,39H,1,10H2,2-7H3/b42-9+,43-16+. The van der Waals surface area contributed by atoms with Crippen molar-refractivity contribution in [3.63, 3.8) is 0 Å². The molecule has 4 nitrogen and oxygen atoms in total. The summed E-state index contributed by atoms with van der Waals surface area (Å²) >= 11 is 0. The van der Waals surface area contributed by atoms with Crippen molar-refractivity contribution in [2.45, 2.75) is 70.5 Å². The van der Waals surface area contributed by atoms with Gasteiger partial charge in [-0.15, -0.1) is 0 Å². The van der Waals surface area contributed by atoms with Crippen LogP contribution >= 0.6 is 0 Å². The van der Waals surface area contributed by atoms with Crippen LogP contribution in [0, 0.1) is 5.92 Å². The number of benzene rings is 4. The number of nitrogens with zero attached hydrogens (tertiary/aromatic N) is 2. The average molecular weight is 681 g/mol. The van der Waals surface area contributed by atoms with E-state index in [0.717, 1.165) is 34.1 Å². The van der Waals surface area contributed by atoms with E-state index in [0.29, 0.717) is 0 Å². The first kappa shape index (κ1) is 32.9. The van der Waals surface area contributed by atoms with E-state index in [2.05, 4.69) is 167 Å². The highest BCUT2D eigenvalue weighted by Crippen LogP contribution is 2.65. The van der Waals surface area contributed by atoms with Crippen LogP contribution < -0.4 is 16.2 Å². The second-order valence-electron chi connectivity index (χ2n) is 15.6. The predicted octanol–water partition coefficient (Wildman–Crippen LogP) is 8.32. The van der Waals surface area contributed by atoms with E-state index in [1.54, 1.807) is 0 Å². The molecule has 3 unspecified atom stereocenters. The Hall–Kier alpha value is -4.97. The monoisotopic (exact) mass is 680 g/mol. The molecule has 9 rings (SSSR count). The lowest BCUT2D eigenvalue weighted by Crippen LogP contribution is -2.41. The first-order valence-electron chi connectivity index (χ1n) is 18.7. The highest BCUT2D eigenvalue weighted by molar-refractivity contribution is 6.62. The van der Waals surface area contributed by atoms with Crippen molar-refractivity contribution in [3.05, 3.63) is 161 Å². The van der Waals surface area contributed by atoms with Crippen LogP contribution in [0.2, 0.25) is 0 Å². The largest absolute Gasteiger partial charge is 0.494 e. The Morgan fingerprint density at radius 2 is 1.56 bits per heavy atom. The van der Waals surface area contributed by atoms with Crippen LogP contribution in [0.25, 0.3) is 40.1 Å². The molecule has 1 saturated heterocycles. The topological polar surface area (TPSA) is 36.3 Å². The van der Waals surface area contributed by atoms with Crippen molar-refractivity contribution in [1.29, 1.82) is 0 Å². The summed E-state index contributed by atoms with van der Waals surface area (Å²) in [6.07, 6.45) is 16.1. The van der Waals surface area contributed by atoms with Gasteiger partial charge < -0.3 is 9.31 Å². The van der Waals surface area contributed by atoms with E-state index in [-0.39, 0.29) is 17.3 Å². The Kier molecular flexibility index (Phi) is 7.45. The van der Waals surface area contributed by atoms with E-state index >= 15 is 0 Å². The van der Waals surface area contributed by atoms with Gasteiger partial charge in [0.25, 0.3) is 0 Å². The number of aromatic nitrogens is 2. The third-order valence-electron chi connectivity index (χ3n) is 12.4. The number of aryl methyl sites for hydroxylation is 1. The highest BCUT2D eigenvalue weighted by Gasteiger charge is 2.58. The molecule has 0 saturated carbocycles. The second-order valence-corrected chi connectivity index (χ2v) is 15.6. The SMILES string of the molecule is C=C/C=c1\c(=C/C)nc(CC)n1-c1cccc(-c2ccc3c(c2)C2(c4ccccc4-3)c3cc(B4OC(C)(C)C(C)(C)O4)ccc3C3C=CC=CC32)c1. The van der Waals surface area contributed by atoms with Crippen LogP contribution in [0.3, 0.4) is 0 Å². The minimum atomic E-state index is -0.434. The third-order valence-corrected chi connectivity index (χ3v) is 12.4. The summed E-state index contributed by atoms with van der Waals surface area (Å²) in [7, 11) is -0.434. The minimum Gasteiger partial charge on any atom is -0.399 e. The zero-order valence-electron chi connectivity index (χ0n) is 31.0. The Morgan fingerprint density at radius 3 is 2.33 bits per heavy atom. The quantitative estimate of drug-likeness (QED) is 0.175. The maximum Gasteiger partial charge on any atom is 0.494 e. The summed E-state index contributed by atoms with van der Waals surface area (Å²) in [5.41, 5.74) is 11.4. The van der Waals surface area contributed by atoms with Gasteiger partial charge in [-0.3, -0.25) is 4.57 Å². The molecular weight excluding hydrogens is 635 g/mol. The molecule has 0 N–H and O–H groups in total. The van der Waals surface area contributed by atoms with Crippen molar-refractivity contribution in [1.82, 2.24) is 9.55 Å². The molecule has 3 aliphatic carbocycles.